The number of ether oxygens (including phenoxy) is 2. The van der Waals surface area contributed by atoms with Crippen molar-refractivity contribution in [3.05, 3.63) is 129 Å². The summed E-state index contributed by atoms with van der Waals surface area (Å²) in [5.74, 6) is 0.689. The van der Waals surface area contributed by atoms with Crippen molar-refractivity contribution in [2.45, 2.75) is 27.1 Å². The summed E-state index contributed by atoms with van der Waals surface area (Å²) in [6.07, 6.45) is 4.60. The second-order valence-corrected chi connectivity index (χ2v) is 12.1. The SMILES string of the molecule is Cc1c(COc2cc(OCc3cncc(C#N)c3)c(C=O)cc2Cl)cccc1-c1cccc(-c2nc3ccc(C=O)cc3s2)c1C. The molecule has 0 saturated carbocycles. The van der Waals surface area contributed by atoms with Gasteiger partial charge in [-0.1, -0.05) is 48.0 Å². The van der Waals surface area contributed by atoms with Crippen LogP contribution in [0.25, 0.3) is 31.9 Å². The number of rotatable bonds is 10. The van der Waals surface area contributed by atoms with Crippen LogP contribution in [0.15, 0.2) is 85.2 Å². The molecule has 6 rings (SSSR count). The summed E-state index contributed by atoms with van der Waals surface area (Å²) in [5.41, 5.74) is 9.22. The normalized spacial score (nSPS) is 10.8. The zero-order valence-electron chi connectivity index (χ0n) is 24.9. The topological polar surface area (TPSA) is 102 Å². The van der Waals surface area contributed by atoms with E-state index in [-0.39, 0.29) is 23.8 Å². The predicted octanol–water partition coefficient (Wildman–Crippen LogP) is 8.95. The lowest BCUT2D eigenvalue weighted by atomic mass is 9.91. The van der Waals surface area contributed by atoms with E-state index >= 15 is 0 Å². The van der Waals surface area contributed by atoms with Crippen molar-refractivity contribution in [1.29, 1.82) is 5.26 Å². The minimum absolute atomic E-state index is 0.112. The molecule has 2 aromatic heterocycles. The van der Waals surface area contributed by atoms with Crippen LogP contribution in [0.4, 0.5) is 0 Å². The summed E-state index contributed by atoms with van der Waals surface area (Å²) in [6, 6.07) is 24.7. The van der Waals surface area contributed by atoms with Crippen molar-refractivity contribution in [1.82, 2.24) is 9.97 Å². The largest absolute Gasteiger partial charge is 0.488 e. The minimum Gasteiger partial charge on any atom is -0.488 e. The first-order chi connectivity index (χ1) is 22.4. The molecule has 7 nitrogen and oxygen atoms in total. The van der Waals surface area contributed by atoms with Gasteiger partial charge in [-0.05, 0) is 72.0 Å². The van der Waals surface area contributed by atoms with Gasteiger partial charge in [0.1, 0.15) is 42.1 Å². The van der Waals surface area contributed by atoms with E-state index < -0.39 is 0 Å². The number of fused-ring (bicyclic) bond motifs is 1. The molecule has 0 fully saturated rings. The highest BCUT2D eigenvalue weighted by Gasteiger charge is 2.16. The van der Waals surface area contributed by atoms with Gasteiger partial charge in [0.2, 0.25) is 0 Å². The van der Waals surface area contributed by atoms with E-state index in [1.165, 1.54) is 12.3 Å². The number of aldehydes is 2. The fourth-order valence-corrected chi connectivity index (χ4v) is 6.57. The van der Waals surface area contributed by atoms with Gasteiger partial charge in [-0.3, -0.25) is 14.6 Å². The lowest BCUT2D eigenvalue weighted by molar-refractivity contribution is 0.111. The number of halogens is 1. The summed E-state index contributed by atoms with van der Waals surface area (Å²) in [5, 5.41) is 10.3. The van der Waals surface area contributed by atoms with Crippen LogP contribution in [0.3, 0.4) is 0 Å². The van der Waals surface area contributed by atoms with E-state index in [1.54, 1.807) is 35.7 Å². The zero-order chi connectivity index (χ0) is 32.2. The van der Waals surface area contributed by atoms with Crippen LogP contribution < -0.4 is 9.47 Å². The van der Waals surface area contributed by atoms with Gasteiger partial charge in [-0.25, -0.2) is 4.98 Å². The molecular formula is C37H26ClN3O4S. The highest BCUT2D eigenvalue weighted by atomic mass is 35.5. The van der Waals surface area contributed by atoms with E-state index in [4.69, 9.17) is 31.3 Å². The zero-order valence-corrected chi connectivity index (χ0v) is 26.5. The summed E-state index contributed by atoms with van der Waals surface area (Å²) in [6.45, 7) is 4.51. The average molecular weight is 644 g/mol. The molecule has 2 heterocycles. The van der Waals surface area contributed by atoms with Crippen LogP contribution in [0, 0.1) is 25.2 Å². The quantitative estimate of drug-likeness (QED) is 0.137. The average Bonchev–Trinajstić information content (AvgIpc) is 3.51. The molecule has 4 aromatic carbocycles. The predicted molar refractivity (Wildman–Crippen MR) is 180 cm³/mol. The van der Waals surface area contributed by atoms with E-state index in [0.717, 1.165) is 54.9 Å². The highest BCUT2D eigenvalue weighted by Crippen LogP contribution is 2.38. The van der Waals surface area contributed by atoms with Crippen molar-refractivity contribution in [2.24, 2.45) is 0 Å². The van der Waals surface area contributed by atoms with E-state index in [9.17, 15) is 9.59 Å². The Labute approximate surface area is 274 Å². The molecule has 0 radical (unpaired) electrons. The number of thiazole rings is 1. The monoisotopic (exact) mass is 643 g/mol. The van der Waals surface area contributed by atoms with Gasteiger partial charge < -0.3 is 9.47 Å². The Kier molecular flexibility index (Phi) is 8.88. The number of hydrogen-bond donors (Lipinski definition) is 0. The van der Waals surface area contributed by atoms with Gasteiger partial charge in [-0.15, -0.1) is 11.3 Å². The minimum atomic E-state index is 0.112. The fraction of sp³-hybridized carbons (Fsp3) is 0.108. The summed E-state index contributed by atoms with van der Waals surface area (Å²) >= 11 is 8.07. The van der Waals surface area contributed by atoms with Crippen molar-refractivity contribution in [3.63, 3.8) is 0 Å². The molecule has 0 atom stereocenters. The maximum Gasteiger partial charge on any atom is 0.153 e. The molecule has 6 aromatic rings. The Bertz CT molecular complexity index is 2170. The first kappa shape index (κ1) is 30.7. The van der Waals surface area contributed by atoms with Crippen LogP contribution in [0.2, 0.25) is 5.02 Å². The lowest BCUT2D eigenvalue weighted by Gasteiger charge is -2.17. The van der Waals surface area contributed by atoms with Gasteiger partial charge in [0.15, 0.2) is 6.29 Å². The van der Waals surface area contributed by atoms with E-state index in [2.05, 4.69) is 43.1 Å². The molecule has 0 bridgehead atoms. The van der Waals surface area contributed by atoms with Crippen LogP contribution in [-0.4, -0.2) is 22.5 Å². The van der Waals surface area contributed by atoms with E-state index in [1.807, 2.05) is 30.3 Å². The molecule has 46 heavy (non-hydrogen) atoms. The Hall–Kier alpha value is -5.36. The Morgan fingerprint density at radius 2 is 1.61 bits per heavy atom. The number of pyridine rings is 1. The van der Waals surface area contributed by atoms with Crippen molar-refractivity contribution >= 4 is 45.7 Å². The number of hydrogen-bond acceptors (Lipinski definition) is 8. The number of carbonyl (C=O) groups is 2. The molecule has 0 unspecified atom stereocenters. The second kappa shape index (κ2) is 13.3. The molecule has 0 N–H and O–H groups in total. The molecule has 0 aliphatic rings. The third-order valence-electron chi connectivity index (χ3n) is 7.74. The first-order valence-corrected chi connectivity index (χ1v) is 15.5. The van der Waals surface area contributed by atoms with Crippen LogP contribution in [0.5, 0.6) is 11.5 Å². The summed E-state index contributed by atoms with van der Waals surface area (Å²) in [7, 11) is 0. The number of benzene rings is 4. The highest BCUT2D eigenvalue weighted by molar-refractivity contribution is 7.21. The number of nitrogens with zero attached hydrogens (tertiary/aromatic N) is 3. The number of aromatic nitrogens is 2. The van der Waals surface area contributed by atoms with Crippen molar-refractivity contribution in [2.75, 3.05) is 0 Å². The van der Waals surface area contributed by atoms with Crippen molar-refractivity contribution < 1.29 is 19.1 Å². The third kappa shape index (κ3) is 6.24. The molecule has 0 aliphatic carbocycles. The molecule has 0 spiro atoms. The lowest BCUT2D eigenvalue weighted by Crippen LogP contribution is -2.03. The summed E-state index contributed by atoms with van der Waals surface area (Å²) in [4.78, 5) is 31.9. The fourth-order valence-electron chi connectivity index (χ4n) is 5.24. The van der Waals surface area contributed by atoms with Gasteiger partial charge in [0, 0.05) is 35.2 Å². The molecule has 9 heteroatoms. The van der Waals surface area contributed by atoms with Crippen LogP contribution >= 0.6 is 22.9 Å². The maximum absolute atomic E-state index is 11.8. The third-order valence-corrected chi connectivity index (χ3v) is 9.09. The second-order valence-electron chi connectivity index (χ2n) is 10.6. The Morgan fingerprint density at radius 3 is 2.39 bits per heavy atom. The van der Waals surface area contributed by atoms with Gasteiger partial charge in [-0.2, -0.15) is 5.26 Å². The molecular weight excluding hydrogens is 618 g/mol. The molecule has 0 aliphatic heterocycles. The van der Waals surface area contributed by atoms with Gasteiger partial charge in [0.25, 0.3) is 0 Å². The van der Waals surface area contributed by atoms with Gasteiger partial charge >= 0.3 is 0 Å². The maximum atomic E-state index is 11.8. The molecule has 226 valence electrons. The standard InChI is InChI=1S/C37H26ClN3O4S/c1-22-27(21-45-35-14-34(28(19-43)13-32(35)38)44-20-26-11-25(15-39)16-40-17-26)5-3-6-29(22)30-7-4-8-31(23(30)2)37-41-33-10-9-24(18-42)12-36(33)46-37/h3-14,16-19H,20-21H2,1-2H3. The number of nitriles is 1. The first-order valence-electron chi connectivity index (χ1n) is 14.3. The molecule has 0 saturated heterocycles. The Morgan fingerprint density at radius 1 is 0.848 bits per heavy atom. The molecule has 0 amide bonds. The van der Waals surface area contributed by atoms with E-state index in [0.29, 0.717) is 34.5 Å². The Balaban J connectivity index is 1.25. The van der Waals surface area contributed by atoms with Crippen LogP contribution in [0.1, 0.15) is 48.5 Å². The van der Waals surface area contributed by atoms with Crippen molar-refractivity contribution in [3.8, 4) is 39.3 Å². The van der Waals surface area contributed by atoms with Crippen LogP contribution in [-0.2, 0) is 13.2 Å². The van der Waals surface area contributed by atoms with Gasteiger partial charge in [0.05, 0.1) is 26.4 Å². The smallest absolute Gasteiger partial charge is 0.153 e. The number of carbonyl (C=O) groups excluding carboxylic acids is 2. The summed E-state index contributed by atoms with van der Waals surface area (Å²) < 4.78 is 13.1.